The summed E-state index contributed by atoms with van der Waals surface area (Å²) in [6.07, 6.45) is 1.53. The number of ether oxygens (including phenoxy) is 2. The molecule has 0 aliphatic carbocycles. The van der Waals surface area contributed by atoms with Crippen molar-refractivity contribution < 1.29 is 14.3 Å². The van der Waals surface area contributed by atoms with Gasteiger partial charge in [-0.25, -0.2) is 5.43 Å². The third-order valence-electron chi connectivity index (χ3n) is 3.24. The summed E-state index contributed by atoms with van der Waals surface area (Å²) in [5, 5.41) is 4.67. The molecule has 2 aromatic rings. The number of benzene rings is 2. The van der Waals surface area contributed by atoms with Crippen LogP contribution in [0.3, 0.4) is 0 Å². The Bertz CT molecular complexity index is 736. The summed E-state index contributed by atoms with van der Waals surface area (Å²) in [5.74, 6) is 2.22. The molecule has 0 aliphatic rings. The van der Waals surface area contributed by atoms with Crippen LogP contribution in [0.4, 0.5) is 0 Å². The van der Waals surface area contributed by atoms with Crippen LogP contribution in [0.5, 0.6) is 11.5 Å². The first-order valence-electron chi connectivity index (χ1n) is 7.48. The molecule has 0 radical (unpaired) electrons. The highest BCUT2D eigenvalue weighted by Crippen LogP contribution is 2.22. The lowest BCUT2D eigenvalue weighted by Gasteiger charge is -2.06. The topological polar surface area (TPSA) is 59.9 Å². The van der Waals surface area contributed by atoms with E-state index in [0.29, 0.717) is 22.3 Å². The van der Waals surface area contributed by atoms with Crippen molar-refractivity contribution in [3.8, 4) is 11.5 Å². The molecular weight excluding hydrogens is 360 g/mol. The van der Waals surface area contributed by atoms with Gasteiger partial charge in [0.05, 0.1) is 26.2 Å². The van der Waals surface area contributed by atoms with Crippen LogP contribution in [0.25, 0.3) is 0 Å². The Morgan fingerprint density at radius 2 is 1.96 bits per heavy atom. The largest absolute Gasteiger partial charge is 0.497 e. The summed E-state index contributed by atoms with van der Waals surface area (Å²) in [4.78, 5) is 11.8. The number of carbonyl (C=O) groups excluding carboxylic acids is 1. The highest BCUT2D eigenvalue weighted by atomic mass is 35.5. The SMILES string of the molecule is COc1ccc(OC)c(/C=N\NC(=O)CSCc2ccc(Cl)cc2)c1. The predicted molar refractivity (Wildman–Crippen MR) is 103 cm³/mol. The van der Waals surface area contributed by atoms with Crippen molar-refractivity contribution in [3.05, 3.63) is 58.6 Å². The standard InChI is InChI=1S/C18H19ClN2O3S/c1-23-16-7-8-17(24-2)14(9-16)10-20-21-18(22)12-25-11-13-3-5-15(19)6-4-13/h3-10H,11-12H2,1-2H3,(H,21,22)/b20-10-. The van der Waals surface area contributed by atoms with Crippen LogP contribution < -0.4 is 14.9 Å². The normalized spacial score (nSPS) is 10.7. The van der Waals surface area contributed by atoms with Gasteiger partial charge in [-0.05, 0) is 35.9 Å². The first-order valence-corrected chi connectivity index (χ1v) is 9.01. The van der Waals surface area contributed by atoms with E-state index in [0.717, 1.165) is 16.9 Å². The number of thioether (sulfide) groups is 1. The zero-order chi connectivity index (χ0) is 18.1. The molecule has 0 unspecified atom stereocenters. The van der Waals surface area contributed by atoms with Crippen molar-refractivity contribution in [2.75, 3.05) is 20.0 Å². The lowest BCUT2D eigenvalue weighted by molar-refractivity contribution is -0.118. The minimum absolute atomic E-state index is 0.169. The van der Waals surface area contributed by atoms with E-state index < -0.39 is 0 Å². The van der Waals surface area contributed by atoms with Gasteiger partial charge < -0.3 is 9.47 Å². The minimum atomic E-state index is -0.169. The Balaban J connectivity index is 1.81. The van der Waals surface area contributed by atoms with E-state index in [1.54, 1.807) is 32.4 Å². The summed E-state index contributed by atoms with van der Waals surface area (Å²) in [7, 11) is 3.16. The Labute approximate surface area is 156 Å². The zero-order valence-corrected chi connectivity index (χ0v) is 15.6. The van der Waals surface area contributed by atoms with Crippen molar-refractivity contribution in [1.82, 2.24) is 5.43 Å². The highest BCUT2D eigenvalue weighted by molar-refractivity contribution is 7.99. The number of amides is 1. The van der Waals surface area contributed by atoms with Gasteiger partial charge in [0.15, 0.2) is 0 Å². The Morgan fingerprint density at radius 3 is 2.64 bits per heavy atom. The monoisotopic (exact) mass is 378 g/mol. The number of rotatable bonds is 8. The van der Waals surface area contributed by atoms with Crippen LogP contribution in [-0.2, 0) is 10.5 Å². The number of carbonyl (C=O) groups is 1. The van der Waals surface area contributed by atoms with Gasteiger partial charge in [-0.15, -0.1) is 11.8 Å². The van der Waals surface area contributed by atoms with Crippen molar-refractivity contribution in [1.29, 1.82) is 0 Å². The van der Waals surface area contributed by atoms with Gasteiger partial charge in [0.1, 0.15) is 11.5 Å². The lowest BCUT2D eigenvalue weighted by Crippen LogP contribution is -2.19. The number of methoxy groups -OCH3 is 2. The van der Waals surface area contributed by atoms with Crippen LogP contribution in [0.1, 0.15) is 11.1 Å². The smallest absolute Gasteiger partial charge is 0.250 e. The molecule has 2 rings (SSSR count). The molecule has 0 bridgehead atoms. The van der Waals surface area contributed by atoms with Gasteiger partial charge in [0.25, 0.3) is 0 Å². The lowest BCUT2D eigenvalue weighted by atomic mass is 10.2. The van der Waals surface area contributed by atoms with E-state index in [-0.39, 0.29) is 5.91 Å². The summed E-state index contributed by atoms with van der Waals surface area (Å²) < 4.78 is 10.4. The maximum atomic E-state index is 11.8. The highest BCUT2D eigenvalue weighted by Gasteiger charge is 2.04. The maximum Gasteiger partial charge on any atom is 0.250 e. The number of hydrogen-bond acceptors (Lipinski definition) is 5. The average molecular weight is 379 g/mol. The molecule has 0 spiro atoms. The van der Waals surface area contributed by atoms with Crippen LogP contribution in [0, 0.1) is 0 Å². The van der Waals surface area contributed by atoms with Gasteiger partial charge >= 0.3 is 0 Å². The first-order chi connectivity index (χ1) is 12.1. The molecule has 0 aromatic heterocycles. The molecule has 0 heterocycles. The van der Waals surface area contributed by atoms with Gasteiger partial charge in [0.2, 0.25) is 5.91 Å². The fourth-order valence-corrected chi connectivity index (χ4v) is 2.89. The van der Waals surface area contributed by atoms with Gasteiger partial charge in [-0.2, -0.15) is 5.10 Å². The number of hydrogen-bond donors (Lipinski definition) is 1. The molecule has 0 fully saturated rings. The third-order valence-corrected chi connectivity index (χ3v) is 4.50. The molecule has 0 atom stereocenters. The van der Waals surface area contributed by atoms with Crippen molar-refractivity contribution >= 4 is 35.5 Å². The Morgan fingerprint density at radius 1 is 1.20 bits per heavy atom. The van der Waals surface area contributed by atoms with Crippen molar-refractivity contribution in [2.24, 2.45) is 5.10 Å². The minimum Gasteiger partial charge on any atom is -0.497 e. The van der Waals surface area contributed by atoms with Gasteiger partial charge in [0, 0.05) is 16.3 Å². The number of nitrogens with zero attached hydrogens (tertiary/aromatic N) is 1. The van der Waals surface area contributed by atoms with E-state index in [1.165, 1.54) is 18.0 Å². The van der Waals surface area contributed by atoms with Crippen molar-refractivity contribution in [2.45, 2.75) is 5.75 Å². The second kappa shape index (κ2) is 9.96. The fourth-order valence-electron chi connectivity index (χ4n) is 1.99. The summed E-state index contributed by atoms with van der Waals surface area (Å²) in [6.45, 7) is 0. The predicted octanol–water partition coefficient (Wildman–Crippen LogP) is 3.74. The molecule has 132 valence electrons. The molecule has 1 N–H and O–H groups in total. The van der Waals surface area contributed by atoms with Crippen LogP contribution in [0.15, 0.2) is 47.6 Å². The number of nitrogens with one attached hydrogen (secondary N) is 1. The van der Waals surface area contributed by atoms with Crippen LogP contribution >= 0.6 is 23.4 Å². The molecule has 25 heavy (non-hydrogen) atoms. The van der Waals surface area contributed by atoms with Gasteiger partial charge in [-0.3, -0.25) is 4.79 Å². The second-order valence-electron chi connectivity index (χ2n) is 5.02. The molecule has 1 amide bonds. The summed E-state index contributed by atoms with van der Waals surface area (Å²) in [6, 6.07) is 12.9. The number of halogens is 1. The second-order valence-corrected chi connectivity index (χ2v) is 6.44. The van der Waals surface area contributed by atoms with E-state index in [1.807, 2.05) is 24.3 Å². The molecule has 5 nitrogen and oxygen atoms in total. The molecule has 7 heteroatoms. The number of hydrazone groups is 1. The molecule has 0 aliphatic heterocycles. The van der Waals surface area contributed by atoms with Crippen LogP contribution in [-0.4, -0.2) is 32.1 Å². The first kappa shape index (κ1) is 19.1. The van der Waals surface area contributed by atoms with E-state index >= 15 is 0 Å². The van der Waals surface area contributed by atoms with Crippen molar-refractivity contribution in [3.63, 3.8) is 0 Å². The Kier molecular flexibility index (Phi) is 7.63. The third kappa shape index (κ3) is 6.32. The van der Waals surface area contributed by atoms with E-state index in [4.69, 9.17) is 21.1 Å². The Hall–Kier alpha value is -2.18. The maximum absolute atomic E-state index is 11.8. The summed E-state index contributed by atoms with van der Waals surface area (Å²) >= 11 is 7.35. The van der Waals surface area contributed by atoms with Crippen LogP contribution in [0.2, 0.25) is 5.02 Å². The zero-order valence-electron chi connectivity index (χ0n) is 14.0. The van der Waals surface area contributed by atoms with E-state index in [9.17, 15) is 4.79 Å². The molecule has 2 aromatic carbocycles. The molecular formula is C18H19ClN2O3S. The van der Waals surface area contributed by atoms with Gasteiger partial charge in [-0.1, -0.05) is 23.7 Å². The molecule has 0 saturated heterocycles. The summed E-state index contributed by atoms with van der Waals surface area (Å²) in [5.41, 5.74) is 4.34. The fraction of sp³-hybridized carbons (Fsp3) is 0.222. The van der Waals surface area contributed by atoms with E-state index in [2.05, 4.69) is 10.5 Å². The molecule has 0 saturated carbocycles. The quantitative estimate of drug-likeness (QED) is 0.561. The average Bonchev–Trinajstić information content (AvgIpc) is 2.63.